The van der Waals surface area contributed by atoms with E-state index in [-0.39, 0.29) is 17.9 Å². The molecule has 1 saturated heterocycles. The predicted octanol–water partition coefficient (Wildman–Crippen LogP) is 2.96. The van der Waals surface area contributed by atoms with Crippen LogP contribution in [-0.4, -0.2) is 13.0 Å². The van der Waals surface area contributed by atoms with Gasteiger partial charge in [0.25, 0.3) is 0 Å². The monoisotopic (exact) mass is 265 g/mol. The molecule has 0 unspecified atom stereocenters. The maximum Gasteiger partial charge on any atom is 0.233 e. The highest BCUT2D eigenvalue weighted by Crippen LogP contribution is 2.50. The fourth-order valence-corrected chi connectivity index (χ4v) is 3.38. The summed E-state index contributed by atoms with van der Waals surface area (Å²) in [7, 11) is 1.65. The van der Waals surface area contributed by atoms with Crippen molar-refractivity contribution in [2.75, 3.05) is 12.0 Å². The molecule has 0 saturated carbocycles. The van der Waals surface area contributed by atoms with Crippen LogP contribution < -0.4 is 9.64 Å². The number of carbonyl (C=O) groups excluding carboxylic acids is 1. The number of benzene rings is 2. The number of rotatable bonds is 2. The van der Waals surface area contributed by atoms with Crippen LogP contribution in [0.15, 0.2) is 48.5 Å². The van der Waals surface area contributed by atoms with Gasteiger partial charge in [-0.2, -0.15) is 0 Å². The van der Waals surface area contributed by atoms with Gasteiger partial charge in [0, 0.05) is 5.69 Å². The van der Waals surface area contributed by atoms with Crippen LogP contribution in [0.4, 0.5) is 5.69 Å². The van der Waals surface area contributed by atoms with Gasteiger partial charge in [0.2, 0.25) is 5.91 Å². The molecule has 0 radical (unpaired) electrons. The first-order valence-corrected chi connectivity index (χ1v) is 6.84. The summed E-state index contributed by atoms with van der Waals surface area (Å²) in [6, 6.07) is 16.3. The zero-order valence-electron chi connectivity index (χ0n) is 11.2. The zero-order chi connectivity index (χ0) is 13.7. The number of hydrogen-bond donors (Lipinski definition) is 0. The number of β-lactam (4-membered cyclic amide) rings is 1. The Hall–Kier alpha value is -2.29. The molecule has 0 N–H and O–H groups in total. The minimum absolute atomic E-state index is 0.134. The third kappa shape index (κ3) is 1.43. The summed E-state index contributed by atoms with van der Waals surface area (Å²) in [5, 5.41) is 0. The first-order valence-electron chi connectivity index (χ1n) is 6.84. The van der Waals surface area contributed by atoms with Gasteiger partial charge >= 0.3 is 0 Å². The van der Waals surface area contributed by atoms with Crippen molar-refractivity contribution >= 4 is 11.6 Å². The van der Waals surface area contributed by atoms with Gasteiger partial charge in [0.15, 0.2) is 0 Å². The van der Waals surface area contributed by atoms with Crippen molar-refractivity contribution < 1.29 is 9.53 Å². The van der Waals surface area contributed by atoms with Gasteiger partial charge in [-0.05, 0) is 41.8 Å². The Morgan fingerprint density at radius 2 is 1.85 bits per heavy atom. The van der Waals surface area contributed by atoms with Crippen molar-refractivity contribution in [1.29, 1.82) is 0 Å². The van der Waals surface area contributed by atoms with E-state index in [4.69, 9.17) is 4.74 Å². The van der Waals surface area contributed by atoms with Gasteiger partial charge in [-0.25, -0.2) is 0 Å². The van der Waals surface area contributed by atoms with Crippen molar-refractivity contribution in [2.45, 2.75) is 12.5 Å². The Morgan fingerprint density at radius 3 is 2.60 bits per heavy atom. The lowest BCUT2D eigenvalue weighted by Gasteiger charge is -2.44. The van der Waals surface area contributed by atoms with E-state index in [9.17, 15) is 4.79 Å². The summed E-state index contributed by atoms with van der Waals surface area (Å²) in [5.74, 6) is 1.18. The molecule has 1 aliphatic heterocycles. The van der Waals surface area contributed by atoms with Gasteiger partial charge in [0.1, 0.15) is 5.75 Å². The highest BCUT2D eigenvalue weighted by atomic mass is 16.5. The number of anilines is 1. The molecule has 100 valence electrons. The highest BCUT2D eigenvalue weighted by molar-refractivity contribution is 6.04. The average molecular weight is 265 g/mol. The lowest BCUT2D eigenvalue weighted by atomic mass is 9.87. The van der Waals surface area contributed by atoms with E-state index in [0.717, 1.165) is 17.9 Å². The number of fused-ring (bicyclic) bond motifs is 3. The second kappa shape index (κ2) is 4.10. The van der Waals surface area contributed by atoms with Crippen molar-refractivity contribution in [3.05, 3.63) is 59.7 Å². The van der Waals surface area contributed by atoms with E-state index in [1.54, 1.807) is 7.11 Å². The fraction of sp³-hybridized carbons (Fsp3) is 0.235. The number of hydrogen-bond acceptors (Lipinski definition) is 2. The molecule has 2 aromatic rings. The Bertz CT molecular complexity index is 678. The smallest absolute Gasteiger partial charge is 0.233 e. The number of methoxy groups -OCH3 is 1. The van der Waals surface area contributed by atoms with Crippen LogP contribution in [0.5, 0.6) is 5.75 Å². The minimum Gasteiger partial charge on any atom is -0.497 e. The first kappa shape index (κ1) is 11.5. The molecular formula is C17H15NO2. The molecule has 1 fully saturated rings. The molecule has 20 heavy (non-hydrogen) atoms. The lowest BCUT2D eigenvalue weighted by Crippen LogP contribution is -2.53. The number of amides is 1. The molecule has 0 bridgehead atoms. The SMILES string of the molecule is COc1ccc(N2C(=O)[C@H]3Cc4ccccc4[C@H]32)cc1. The third-order valence-corrected chi connectivity index (χ3v) is 4.38. The molecule has 4 rings (SSSR count). The molecule has 3 nitrogen and oxygen atoms in total. The maximum atomic E-state index is 12.4. The van der Waals surface area contributed by atoms with Gasteiger partial charge in [0.05, 0.1) is 19.1 Å². The lowest BCUT2D eigenvalue weighted by molar-refractivity contribution is -0.129. The van der Waals surface area contributed by atoms with Crippen LogP contribution in [-0.2, 0) is 11.2 Å². The predicted molar refractivity (Wildman–Crippen MR) is 76.9 cm³/mol. The summed E-state index contributed by atoms with van der Waals surface area (Å²) >= 11 is 0. The Morgan fingerprint density at radius 1 is 1.10 bits per heavy atom. The van der Waals surface area contributed by atoms with E-state index in [2.05, 4.69) is 18.2 Å². The number of nitrogens with zero attached hydrogens (tertiary/aromatic N) is 1. The molecule has 3 heteroatoms. The standard InChI is InChI=1S/C17H15NO2/c1-20-13-8-6-12(7-9-13)18-16-14-5-3-2-4-11(14)10-15(16)17(18)19/h2-9,15-16H,10H2,1H3/t15-,16+/m0/s1. The quantitative estimate of drug-likeness (QED) is 0.781. The van der Waals surface area contributed by atoms with Crippen LogP contribution in [0.25, 0.3) is 0 Å². The van der Waals surface area contributed by atoms with Gasteiger partial charge in [-0.3, -0.25) is 4.79 Å². The minimum atomic E-state index is 0.134. The molecule has 2 aromatic carbocycles. The molecule has 1 heterocycles. The third-order valence-electron chi connectivity index (χ3n) is 4.38. The van der Waals surface area contributed by atoms with Crippen LogP contribution in [0.3, 0.4) is 0 Å². The normalized spacial score (nSPS) is 23.1. The second-order valence-electron chi connectivity index (χ2n) is 5.36. The first-order chi connectivity index (χ1) is 9.79. The van der Waals surface area contributed by atoms with E-state index in [1.807, 2.05) is 35.2 Å². The van der Waals surface area contributed by atoms with Crippen LogP contribution in [0.2, 0.25) is 0 Å². The fourth-order valence-electron chi connectivity index (χ4n) is 3.38. The molecule has 0 spiro atoms. The largest absolute Gasteiger partial charge is 0.497 e. The van der Waals surface area contributed by atoms with Gasteiger partial charge < -0.3 is 9.64 Å². The Labute approximate surface area is 117 Å². The topological polar surface area (TPSA) is 29.5 Å². The van der Waals surface area contributed by atoms with Crippen LogP contribution in [0, 0.1) is 5.92 Å². The summed E-state index contributed by atoms with van der Waals surface area (Å²) in [6.45, 7) is 0. The van der Waals surface area contributed by atoms with Crippen molar-refractivity contribution in [2.24, 2.45) is 5.92 Å². The molecular weight excluding hydrogens is 250 g/mol. The average Bonchev–Trinajstić information content (AvgIpc) is 2.83. The zero-order valence-corrected chi connectivity index (χ0v) is 11.2. The number of carbonyl (C=O) groups is 1. The van der Waals surface area contributed by atoms with Gasteiger partial charge in [-0.15, -0.1) is 0 Å². The maximum absolute atomic E-state index is 12.4. The highest BCUT2D eigenvalue weighted by Gasteiger charge is 2.52. The molecule has 2 aliphatic rings. The summed E-state index contributed by atoms with van der Waals surface area (Å²) in [4.78, 5) is 14.3. The van der Waals surface area contributed by atoms with E-state index in [1.165, 1.54) is 11.1 Å². The summed E-state index contributed by atoms with van der Waals surface area (Å²) < 4.78 is 5.17. The van der Waals surface area contributed by atoms with Crippen molar-refractivity contribution in [3.63, 3.8) is 0 Å². The molecule has 0 aromatic heterocycles. The number of ether oxygens (including phenoxy) is 1. The van der Waals surface area contributed by atoms with Crippen molar-refractivity contribution in [3.8, 4) is 5.75 Å². The van der Waals surface area contributed by atoms with E-state index >= 15 is 0 Å². The van der Waals surface area contributed by atoms with Crippen molar-refractivity contribution in [1.82, 2.24) is 0 Å². The van der Waals surface area contributed by atoms with Crippen LogP contribution >= 0.6 is 0 Å². The van der Waals surface area contributed by atoms with Crippen LogP contribution in [0.1, 0.15) is 17.2 Å². The Balaban J connectivity index is 1.71. The van der Waals surface area contributed by atoms with E-state index < -0.39 is 0 Å². The summed E-state index contributed by atoms with van der Waals surface area (Å²) in [6.07, 6.45) is 0.881. The molecule has 2 atom stereocenters. The Kier molecular flexibility index (Phi) is 2.36. The molecule has 1 amide bonds. The summed E-state index contributed by atoms with van der Waals surface area (Å²) in [5.41, 5.74) is 3.56. The van der Waals surface area contributed by atoms with Gasteiger partial charge in [-0.1, -0.05) is 24.3 Å². The van der Waals surface area contributed by atoms with E-state index in [0.29, 0.717) is 0 Å². The second-order valence-corrected chi connectivity index (χ2v) is 5.36. The molecule has 1 aliphatic carbocycles.